The Hall–Kier alpha value is -2.08. The quantitative estimate of drug-likeness (QED) is 0.390. The van der Waals surface area contributed by atoms with Gasteiger partial charge >= 0.3 is 0 Å². The molecule has 1 fully saturated rings. The molecule has 1 aliphatic rings. The first-order chi connectivity index (χ1) is 10.2. The fourth-order valence-corrected chi connectivity index (χ4v) is 2.13. The number of methoxy groups -OCH3 is 1. The number of rotatable bonds is 9. The van der Waals surface area contributed by atoms with Gasteiger partial charge in [-0.15, -0.1) is 0 Å². The molecule has 1 unspecified atom stereocenters. The molecule has 0 aliphatic carbocycles. The zero-order valence-corrected chi connectivity index (χ0v) is 12.0. The van der Waals surface area contributed by atoms with E-state index in [1.54, 1.807) is 12.0 Å². The molecule has 0 saturated carbocycles. The first-order valence-electron chi connectivity index (χ1n) is 6.84. The molecule has 1 aromatic carbocycles. The van der Waals surface area contributed by atoms with Crippen LogP contribution in [0.4, 0.5) is 0 Å². The van der Waals surface area contributed by atoms with E-state index in [-0.39, 0.29) is 12.3 Å². The first kappa shape index (κ1) is 15.3. The number of hydrogen-bond donors (Lipinski definition) is 0. The summed E-state index contributed by atoms with van der Waals surface area (Å²) in [6.07, 6.45) is 0.600. The molecule has 1 atom stereocenters. The number of ether oxygens (including phenoxy) is 3. The summed E-state index contributed by atoms with van der Waals surface area (Å²) in [7, 11) is 1.63. The van der Waals surface area contributed by atoms with E-state index >= 15 is 0 Å². The minimum absolute atomic E-state index is 0.0111. The van der Waals surface area contributed by atoms with E-state index in [2.05, 4.69) is 0 Å². The molecule has 1 saturated heterocycles. The molecule has 1 heterocycles. The van der Waals surface area contributed by atoms with Gasteiger partial charge in [-0.2, -0.15) is 0 Å². The van der Waals surface area contributed by atoms with Crippen molar-refractivity contribution in [3.63, 3.8) is 0 Å². The van der Waals surface area contributed by atoms with Crippen LogP contribution in [0.15, 0.2) is 24.3 Å². The maximum absolute atomic E-state index is 11.3. The lowest BCUT2D eigenvalue weighted by atomic mass is 10.1. The summed E-state index contributed by atoms with van der Waals surface area (Å²) in [5.74, 6) is 0.827. The summed E-state index contributed by atoms with van der Waals surface area (Å²) in [4.78, 5) is 23.1. The fraction of sp³-hybridized carbons (Fsp3) is 0.467. The van der Waals surface area contributed by atoms with Crippen LogP contribution in [0.25, 0.3) is 0 Å². The number of β-lactam (4-membered cyclic amide) rings is 1. The normalized spacial score (nSPS) is 17.3. The van der Waals surface area contributed by atoms with Crippen LogP contribution in [0.5, 0.6) is 5.75 Å². The summed E-state index contributed by atoms with van der Waals surface area (Å²) >= 11 is 0. The van der Waals surface area contributed by atoms with Gasteiger partial charge in [0.15, 0.2) is 6.23 Å². The number of benzene rings is 1. The zero-order chi connectivity index (χ0) is 15.1. The van der Waals surface area contributed by atoms with E-state index in [1.807, 2.05) is 24.3 Å². The molecule has 0 spiro atoms. The molecule has 6 nitrogen and oxygen atoms in total. The maximum atomic E-state index is 11.3. The first-order valence-corrected chi connectivity index (χ1v) is 6.84. The summed E-state index contributed by atoms with van der Waals surface area (Å²) in [5.41, 5.74) is 1.07. The van der Waals surface area contributed by atoms with Gasteiger partial charge in [-0.25, -0.2) is 0 Å². The van der Waals surface area contributed by atoms with E-state index in [4.69, 9.17) is 14.2 Å². The van der Waals surface area contributed by atoms with Crippen LogP contribution >= 0.6 is 0 Å². The summed E-state index contributed by atoms with van der Waals surface area (Å²) < 4.78 is 15.4. The Bertz CT molecular complexity index is 471. The van der Waals surface area contributed by atoms with Crippen molar-refractivity contribution in [1.29, 1.82) is 0 Å². The monoisotopic (exact) mass is 293 g/mol. The van der Waals surface area contributed by atoms with Gasteiger partial charge < -0.3 is 19.1 Å². The minimum Gasteiger partial charge on any atom is -0.497 e. The molecule has 114 valence electrons. The number of nitrogens with zero attached hydrogens (tertiary/aromatic N) is 1. The Kier molecular flexibility index (Phi) is 5.57. The lowest BCUT2D eigenvalue weighted by molar-refractivity contribution is -0.176. The van der Waals surface area contributed by atoms with Crippen LogP contribution in [0.1, 0.15) is 18.4 Å². The van der Waals surface area contributed by atoms with Crippen molar-refractivity contribution in [1.82, 2.24) is 4.90 Å². The minimum atomic E-state index is -0.392. The number of hydrogen-bond acceptors (Lipinski definition) is 5. The highest BCUT2D eigenvalue weighted by Gasteiger charge is 2.36. The van der Waals surface area contributed by atoms with Gasteiger partial charge in [0, 0.05) is 13.2 Å². The fourth-order valence-electron chi connectivity index (χ4n) is 2.13. The second kappa shape index (κ2) is 7.64. The van der Waals surface area contributed by atoms with E-state index < -0.39 is 6.23 Å². The number of amides is 1. The van der Waals surface area contributed by atoms with Crippen molar-refractivity contribution >= 4 is 12.4 Å². The number of carbonyl (C=O) groups is 2. The van der Waals surface area contributed by atoms with Gasteiger partial charge in [-0.3, -0.25) is 9.59 Å². The second-order valence-corrected chi connectivity index (χ2v) is 4.73. The van der Waals surface area contributed by atoms with E-state index in [1.165, 1.54) is 0 Å². The second-order valence-electron chi connectivity index (χ2n) is 4.73. The predicted octanol–water partition coefficient (Wildman–Crippen LogP) is 1.33. The predicted molar refractivity (Wildman–Crippen MR) is 74.5 cm³/mol. The molecule has 0 N–H and O–H groups in total. The van der Waals surface area contributed by atoms with Gasteiger partial charge in [-0.05, 0) is 24.1 Å². The summed E-state index contributed by atoms with van der Waals surface area (Å²) in [5, 5.41) is 0. The lowest BCUT2D eigenvalue weighted by Crippen LogP contribution is -2.54. The maximum Gasteiger partial charge on any atom is 0.295 e. The molecule has 1 aliphatic heterocycles. The standard InChI is InChI=1S/C15H19NO5/c1-19-13-5-3-12(4-6-13)10-20-8-2-7-16-14(18)9-15(16)21-11-17/h3-6,11,15H,2,7-10H2,1H3. The van der Waals surface area contributed by atoms with E-state index in [0.29, 0.717) is 32.7 Å². The van der Waals surface area contributed by atoms with Crippen molar-refractivity contribution < 1.29 is 23.8 Å². The Morgan fingerprint density at radius 2 is 2.10 bits per heavy atom. The molecule has 0 radical (unpaired) electrons. The third-order valence-electron chi connectivity index (χ3n) is 3.35. The molecule has 0 bridgehead atoms. The molecule has 6 heteroatoms. The van der Waals surface area contributed by atoms with E-state index in [0.717, 1.165) is 11.3 Å². The van der Waals surface area contributed by atoms with Gasteiger partial charge in [0.2, 0.25) is 5.91 Å². The smallest absolute Gasteiger partial charge is 0.295 e. The molecule has 21 heavy (non-hydrogen) atoms. The highest BCUT2D eigenvalue weighted by Crippen LogP contribution is 2.19. The third kappa shape index (κ3) is 4.19. The van der Waals surface area contributed by atoms with Crippen molar-refractivity contribution in [3.8, 4) is 5.75 Å². The Balaban J connectivity index is 1.61. The SMILES string of the molecule is COc1ccc(COCCCN2C(=O)CC2OC=O)cc1. The van der Waals surface area contributed by atoms with E-state index in [9.17, 15) is 9.59 Å². The van der Waals surface area contributed by atoms with Gasteiger partial charge in [-0.1, -0.05) is 12.1 Å². The van der Waals surface area contributed by atoms with Gasteiger partial charge in [0.05, 0.1) is 20.1 Å². The highest BCUT2D eigenvalue weighted by molar-refractivity contribution is 5.82. The van der Waals surface area contributed by atoms with Crippen molar-refractivity contribution in [2.45, 2.75) is 25.7 Å². The summed E-state index contributed by atoms with van der Waals surface area (Å²) in [6.45, 7) is 1.99. The number of likely N-dealkylation sites (tertiary alicyclic amines) is 1. The van der Waals surface area contributed by atoms with Gasteiger partial charge in [0.25, 0.3) is 6.47 Å². The van der Waals surface area contributed by atoms with Crippen LogP contribution in [0.3, 0.4) is 0 Å². The molecule has 2 rings (SSSR count). The van der Waals surface area contributed by atoms with Crippen molar-refractivity contribution in [2.24, 2.45) is 0 Å². The highest BCUT2D eigenvalue weighted by atomic mass is 16.5. The molecule has 1 amide bonds. The van der Waals surface area contributed by atoms with Crippen LogP contribution in [0, 0.1) is 0 Å². The van der Waals surface area contributed by atoms with Crippen molar-refractivity contribution in [2.75, 3.05) is 20.3 Å². The molecular formula is C15H19NO5. The largest absolute Gasteiger partial charge is 0.497 e. The number of carbonyl (C=O) groups excluding carboxylic acids is 2. The topological polar surface area (TPSA) is 65.1 Å². The molecule has 0 aromatic heterocycles. The van der Waals surface area contributed by atoms with Gasteiger partial charge in [0.1, 0.15) is 5.75 Å². The van der Waals surface area contributed by atoms with Crippen LogP contribution in [-0.2, 0) is 25.7 Å². The third-order valence-corrected chi connectivity index (χ3v) is 3.35. The Morgan fingerprint density at radius 3 is 2.71 bits per heavy atom. The zero-order valence-electron chi connectivity index (χ0n) is 12.0. The van der Waals surface area contributed by atoms with Crippen LogP contribution in [0.2, 0.25) is 0 Å². The summed E-state index contributed by atoms with van der Waals surface area (Å²) in [6, 6.07) is 7.68. The van der Waals surface area contributed by atoms with Crippen LogP contribution < -0.4 is 4.74 Å². The average molecular weight is 293 g/mol. The molecule has 1 aromatic rings. The Morgan fingerprint density at radius 1 is 1.33 bits per heavy atom. The van der Waals surface area contributed by atoms with Crippen LogP contribution in [-0.4, -0.2) is 43.8 Å². The average Bonchev–Trinajstić information content (AvgIpc) is 2.51. The molecular weight excluding hydrogens is 274 g/mol. The van der Waals surface area contributed by atoms with Crippen molar-refractivity contribution in [3.05, 3.63) is 29.8 Å². The Labute approximate surface area is 123 Å². The lowest BCUT2D eigenvalue weighted by Gasteiger charge is -2.38.